The van der Waals surface area contributed by atoms with Crippen LogP contribution in [0.1, 0.15) is 31.3 Å². The molecule has 180 valence electrons. The average Bonchev–Trinajstić information content (AvgIpc) is 3.16. The average molecular weight is 513 g/mol. The van der Waals surface area contributed by atoms with Crippen LogP contribution in [-0.4, -0.2) is 39.2 Å². The Hall–Kier alpha value is -3.39. The summed E-state index contributed by atoms with van der Waals surface area (Å²) >= 11 is 12.6. The topological polar surface area (TPSA) is 104 Å². The molecule has 0 atom stereocenters. The number of furan rings is 1. The summed E-state index contributed by atoms with van der Waals surface area (Å²) in [5.41, 5.74) is 0.750. The highest BCUT2D eigenvalue weighted by Gasteiger charge is 2.36. The number of ketones is 1. The number of hydrogen-bond acceptors (Lipinski definition) is 5. The SMILES string of the molecule is CCN(C(=O)O)c1c(C(=O)C(C)(C)O)oc2nc(-c3ccccc3Cl)c(-c3ccc(Cl)cc3)cc12. The van der Waals surface area contributed by atoms with Crippen LogP contribution in [0.3, 0.4) is 0 Å². The van der Waals surface area contributed by atoms with Crippen molar-refractivity contribution < 1.29 is 24.2 Å². The van der Waals surface area contributed by atoms with Gasteiger partial charge in [0.2, 0.25) is 11.5 Å². The van der Waals surface area contributed by atoms with Gasteiger partial charge >= 0.3 is 6.09 Å². The van der Waals surface area contributed by atoms with E-state index in [2.05, 4.69) is 4.98 Å². The number of aromatic nitrogens is 1. The number of benzene rings is 2. The molecule has 0 aliphatic rings. The van der Waals surface area contributed by atoms with E-state index in [9.17, 15) is 19.8 Å². The van der Waals surface area contributed by atoms with Gasteiger partial charge in [0.1, 0.15) is 11.3 Å². The summed E-state index contributed by atoms with van der Waals surface area (Å²) in [6.45, 7) is 4.30. The van der Waals surface area contributed by atoms with Gasteiger partial charge in [0.25, 0.3) is 0 Å². The summed E-state index contributed by atoms with van der Waals surface area (Å²) in [6.07, 6.45) is -1.27. The van der Waals surface area contributed by atoms with Crippen molar-refractivity contribution in [1.29, 1.82) is 0 Å². The van der Waals surface area contributed by atoms with Gasteiger partial charge in [-0.15, -0.1) is 0 Å². The molecule has 0 spiro atoms. The van der Waals surface area contributed by atoms with E-state index < -0.39 is 17.5 Å². The fourth-order valence-corrected chi connectivity index (χ4v) is 4.16. The van der Waals surface area contributed by atoms with Gasteiger partial charge in [0, 0.05) is 27.7 Å². The number of nitrogens with zero attached hydrogens (tertiary/aromatic N) is 2. The van der Waals surface area contributed by atoms with Crippen molar-refractivity contribution in [2.24, 2.45) is 0 Å². The Morgan fingerprint density at radius 1 is 1.06 bits per heavy atom. The number of carbonyl (C=O) groups is 2. The third-order valence-corrected chi connectivity index (χ3v) is 6.10. The molecule has 0 saturated heterocycles. The highest BCUT2D eigenvalue weighted by atomic mass is 35.5. The van der Waals surface area contributed by atoms with E-state index in [1.165, 1.54) is 13.8 Å². The third kappa shape index (κ3) is 4.62. The first-order valence-electron chi connectivity index (χ1n) is 10.8. The third-order valence-electron chi connectivity index (χ3n) is 5.52. The fourth-order valence-electron chi connectivity index (χ4n) is 3.81. The Bertz CT molecular complexity index is 1440. The highest BCUT2D eigenvalue weighted by Crippen LogP contribution is 2.42. The zero-order chi connectivity index (χ0) is 25.5. The smallest absolute Gasteiger partial charge is 0.411 e. The van der Waals surface area contributed by atoms with Crippen LogP contribution in [0.15, 0.2) is 59.0 Å². The van der Waals surface area contributed by atoms with Gasteiger partial charge in [-0.1, -0.05) is 53.5 Å². The first-order chi connectivity index (χ1) is 16.5. The molecule has 0 unspecified atom stereocenters. The van der Waals surface area contributed by atoms with Crippen LogP contribution in [-0.2, 0) is 0 Å². The summed E-state index contributed by atoms with van der Waals surface area (Å²) < 4.78 is 5.84. The minimum atomic E-state index is -1.80. The van der Waals surface area contributed by atoms with Gasteiger partial charge in [-0.2, -0.15) is 0 Å². The van der Waals surface area contributed by atoms with E-state index in [1.807, 2.05) is 18.2 Å². The number of carboxylic acid groups (broad SMARTS) is 1. The molecule has 2 heterocycles. The lowest BCUT2D eigenvalue weighted by Gasteiger charge is -2.20. The van der Waals surface area contributed by atoms with Crippen LogP contribution in [0, 0.1) is 0 Å². The van der Waals surface area contributed by atoms with Crippen LogP contribution in [0.5, 0.6) is 0 Å². The van der Waals surface area contributed by atoms with Crippen LogP contribution in [0.4, 0.5) is 10.5 Å². The number of aliphatic hydroxyl groups is 1. The summed E-state index contributed by atoms with van der Waals surface area (Å²) in [7, 11) is 0. The number of amides is 1. The van der Waals surface area contributed by atoms with E-state index in [0.717, 1.165) is 10.5 Å². The number of Topliss-reactive ketones (excluding diaryl/α,β-unsaturated/α-hetero) is 1. The Balaban J connectivity index is 2.13. The summed E-state index contributed by atoms with van der Waals surface area (Å²) in [4.78, 5) is 30.8. The standard InChI is InChI=1S/C26H22Cl2N2O5/c1-4-30(25(32)33)21-18-13-17(14-9-11-15(27)12-10-14)20(16-7-5-6-8-19(16)28)29-24(18)35-22(21)23(31)26(2,3)34/h5-13,34H,4H2,1-3H3,(H,32,33). The monoisotopic (exact) mass is 512 g/mol. The first-order valence-corrected chi connectivity index (χ1v) is 11.5. The van der Waals surface area contributed by atoms with E-state index in [0.29, 0.717) is 32.3 Å². The van der Waals surface area contributed by atoms with Gasteiger partial charge in [0.05, 0.1) is 11.1 Å². The normalized spacial score (nSPS) is 11.6. The van der Waals surface area contributed by atoms with Crippen molar-refractivity contribution in [3.05, 3.63) is 70.4 Å². The molecule has 0 radical (unpaired) electrons. The fraction of sp³-hybridized carbons (Fsp3) is 0.192. The van der Waals surface area contributed by atoms with Crippen molar-refractivity contribution in [3.63, 3.8) is 0 Å². The Morgan fingerprint density at radius 2 is 1.71 bits per heavy atom. The molecule has 9 heteroatoms. The zero-order valence-electron chi connectivity index (χ0n) is 19.2. The van der Waals surface area contributed by atoms with Crippen LogP contribution < -0.4 is 4.90 Å². The second-order valence-corrected chi connectivity index (χ2v) is 9.26. The Kier molecular flexibility index (Phi) is 6.60. The predicted octanol–water partition coefficient (Wildman–Crippen LogP) is 6.93. The lowest BCUT2D eigenvalue weighted by atomic mass is 9.97. The molecule has 0 aliphatic heterocycles. The first kappa shape index (κ1) is 24.7. The Labute approximate surface area is 211 Å². The number of pyridine rings is 1. The number of fused-ring (bicyclic) bond motifs is 1. The van der Waals surface area contributed by atoms with E-state index in [1.54, 1.807) is 43.3 Å². The molecule has 4 rings (SSSR count). The minimum absolute atomic E-state index is 0.0237. The molecular weight excluding hydrogens is 491 g/mol. The van der Waals surface area contributed by atoms with E-state index >= 15 is 0 Å². The van der Waals surface area contributed by atoms with Crippen LogP contribution in [0.2, 0.25) is 10.0 Å². The summed E-state index contributed by atoms with van der Waals surface area (Å²) in [5, 5.41) is 21.6. The maximum atomic E-state index is 13.1. The molecule has 7 nitrogen and oxygen atoms in total. The maximum Gasteiger partial charge on any atom is 0.411 e. The number of hydrogen-bond donors (Lipinski definition) is 2. The van der Waals surface area contributed by atoms with E-state index in [-0.39, 0.29) is 23.7 Å². The molecule has 0 fully saturated rings. The van der Waals surface area contributed by atoms with Crippen molar-refractivity contribution in [3.8, 4) is 22.4 Å². The lowest BCUT2D eigenvalue weighted by molar-refractivity contribution is 0.0462. The molecule has 35 heavy (non-hydrogen) atoms. The van der Waals surface area contributed by atoms with Crippen molar-refractivity contribution >= 4 is 51.9 Å². The molecule has 0 bridgehead atoms. The number of rotatable bonds is 6. The number of carbonyl (C=O) groups excluding carboxylic acids is 1. The van der Waals surface area contributed by atoms with Gasteiger partial charge in [0.15, 0.2) is 5.76 Å². The molecule has 2 aromatic carbocycles. The van der Waals surface area contributed by atoms with Crippen molar-refractivity contribution in [2.45, 2.75) is 26.4 Å². The minimum Gasteiger partial charge on any atom is -0.465 e. The molecule has 2 N–H and O–H groups in total. The lowest BCUT2D eigenvalue weighted by Crippen LogP contribution is -2.34. The van der Waals surface area contributed by atoms with Gasteiger partial charge in [-0.3, -0.25) is 9.69 Å². The Morgan fingerprint density at radius 3 is 2.29 bits per heavy atom. The molecule has 1 amide bonds. The molecule has 2 aromatic heterocycles. The van der Waals surface area contributed by atoms with Gasteiger partial charge < -0.3 is 14.6 Å². The highest BCUT2D eigenvalue weighted by molar-refractivity contribution is 6.33. The summed E-state index contributed by atoms with van der Waals surface area (Å²) in [6, 6.07) is 15.9. The van der Waals surface area contributed by atoms with Crippen molar-refractivity contribution in [2.75, 3.05) is 11.4 Å². The van der Waals surface area contributed by atoms with Crippen molar-refractivity contribution in [1.82, 2.24) is 4.98 Å². The summed E-state index contributed by atoms with van der Waals surface area (Å²) in [5.74, 6) is -1.06. The van der Waals surface area contributed by atoms with Crippen LogP contribution >= 0.6 is 23.2 Å². The molecule has 0 aliphatic carbocycles. The maximum absolute atomic E-state index is 13.1. The zero-order valence-corrected chi connectivity index (χ0v) is 20.7. The number of anilines is 1. The second-order valence-electron chi connectivity index (χ2n) is 8.42. The largest absolute Gasteiger partial charge is 0.465 e. The van der Waals surface area contributed by atoms with Gasteiger partial charge in [-0.05, 0) is 50.6 Å². The predicted molar refractivity (Wildman–Crippen MR) is 137 cm³/mol. The molecular formula is C26H22Cl2N2O5. The van der Waals surface area contributed by atoms with E-state index in [4.69, 9.17) is 27.6 Å². The quantitative estimate of drug-likeness (QED) is 0.271. The van der Waals surface area contributed by atoms with Gasteiger partial charge in [-0.25, -0.2) is 9.78 Å². The molecule has 4 aromatic rings. The second kappa shape index (κ2) is 9.34. The molecule has 0 saturated carbocycles. The number of halogens is 2. The van der Waals surface area contributed by atoms with Crippen LogP contribution in [0.25, 0.3) is 33.5 Å².